The Kier molecular flexibility index (Phi) is 5.63. The SMILES string of the molecule is CC(Nc1ccc(Br)cc1C#N)C(=O)N1CCCCCC1. The number of likely N-dealkylation sites (tertiary alicyclic amines) is 1. The van der Waals surface area contributed by atoms with Gasteiger partial charge in [-0.1, -0.05) is 28.8 Å². The molecule has 1 unspecified atom stereocenters. The van der Waals surface area contributed by atoms with E-state index in [-0.39, 0.29) is 11.9 Å². The lowest BCUT2D eigenvalue weighted by atomic mass is 10.1. The number of hydrogen-bond donors (Lipinski definition) is 1. The van der Waals surface area contributed by atoms with Crippen molar-refractivity contribution in [2.75, 3.05) is 18.4 Å². The summed E-state index contributed by atoms with van der Waals surface area (Å²) in [5.74, 6) is 0.115. The molecule has 0 spiro atoms. The fourth-order valence-corrected chi connectivity index (χ4v) is 2.96. The number of hydrogen-bond acceptors (Lipinski definition) is 3. The number of carbonyl (C=O) groups is 1. The molecule has 0 saturated carbocycles. The van der Waals surface area contributed by atoms with Crippen molar-refractivity contribution in [1.82, 2.24) is 4.90 Å². The van der Waals surface area contributed by atoms with Gasteiger partial charge in [0.05, 0.1) is 11.3 Å². The molecule has 1 aliphatic rings. The predicted molar refractivity (Wildman–Crippen MR) is 87.0 cm³/mol. The number of nitrogens with zero attached hydrogens (tertiary/aromatic N) is 2. The second kappa shape index (κ2) is 7.46. The van der Waals surface area contributed by atoms with Crippen molar-refractivity contribution < 1.29 is 4.79 Å². The van der Waals surface area contributed by atoms with Crippen LogP contribution in [0.1, 0.15) is 38.2 Å². The summed E-state index contributed by atoms with van der Waals surface area (Å²) in [5, 5.41) is 12.3. The number of benzene rings is 1. The van der Waals surface area contributed by atoms with E-state index in [1.165, 1.54) is 12.8 Å². The average molecular weight is 350 g/mol. The summed E-state index contributed by atoms with van der Waals surface area (Å²) >= 11 is 3.35. The number of halogens is 1. The highest BCUT2D eigenvalue weighted by molar-refractivity contribution is 9.10. The van der Waals surface area contributed by atoms with Crippen molar-refractivity contribution in [1.29, 1.82) is 5.26 Å². The summed E-state index contributed by atoms with van der Waals surface area (Å²) in [6.07, 6.45) is 4.58. The first-order valence-electron chi connectivity index (χ1n) is 7.37. The Labute approximate surface area is 134 Å². The third-order valence-electron chi connectivity index (χ3n) is 3.76. The van der Waals surface area contributed by atoms with Gasteiger partial charge in [0.1, 0.15) is 12.1 Å². The standard InChI is InChI=1S/C16H20BrN3O/c1-12(16(21)20-8-4-2-3-5-9-20)19-15-7-6-14(17)10-13(15)11-18/h6-7,10,12,19H,2-5,8-9H2,1H3. The number of rotatable bonds is 3. The molecular formula is C16H20BrN3O. The third-order valence-corrected chi connectivity index (χ3v) is 4.26. The molecule has 21 heavy (non-hydrogen) atoms. The monoisotopic (exact) mass is 349 g/mol. The quantitative estimate of drug-likeness (QED) is 0.907. The summed E-state index contributed by atoms with van der Waals surface area (Å²) < 4.78 is 0.857. The number of amides is 1. The fraction of sp³-hybridized carbons (Fsp3) is 0.500. The molecule has 0 aliphatic carbocycles. The number of nitrogens with one attached hydrogen (secondary N) is 1. The van der Waals surface area contributed by atoms with Crippen LogP contribution >= 0.6 is 15.9 Å². The smallest absolute Gasteiger partial charge is 0.244 e. The highest BCUT2D eigenvalue weighted by atomic mass is 79.9. The third kappa shape index (κ3) is 4.21. The van der Waals surface area contributed by atoms with E-state index in [1.807, 2.05) is 24.0 Å². The molecule has 1 aromatic rings. The lowest BCUT2D eigenvalue weighted by Gasteiger charge is -2.25. The molecule has 5 heteroatoms. The van der Waals surface area contributed by atoms with Gasteiger partial charge < -0.3 is 10.2 Å². The Morgan fingerprint density at radius 1 is 1.33 bits per heavy atom. The lowest BCUT2D eigenvalue weighted by molar-refractivity contribution is -0.131. The normalized spacial score (nSPS) is 16.7. The largest absolute Gasteiger partial charge is 0.373 e. The van der Waals surface area contributed by atoms with Crippen LogP contribution in [0.5, 0.6) is 0 Å². The number of carbonyl (C=O) groups excluding carboxylic acids is 1. The maximum atomic E-state index is 12.5. The van der Waals surface area contributed by atoms with E-state index in [0.29, 0.717) is 11.3 Å². The molecule has 4 nitrogen and oxygen atoms in total. The first kappa shape index (κ1) is 15.8. The van der Waals surface area contributed by atoms with Crippen LogP contribution in [0.15, 0.2) is 22.7 Å². The van der Waals surface area contributed by atoms with Gasteiger partial charge in [-0.25, -0.2) is 0 Å². The topological polar surface area (TPSA) is 56.1 Å². The zero-order valence-corrected chi connectivity index (χ0v) is 13.8. The Hall–Kier alpha value is -1.54. The summed E-state index contributed by atoms with van der Waals surface area (Å²) in [6, 6.07) is 7.28. The van der Waals surface area contributed by atoms with Crippen molar-refractivity contribution in [3.8, 4) is 6.07 Å². The van der Waals surface area contributed by atoms with Crippen molar-refractivity contribution >= 4 is 27.5 Å². The number of anilines is 1. The Morgan fingerprint density at radius 2 is 2.00 bits per heavy atom. The van der Waals surface area contributed by atoms with Crippen LogP contribution in [0.2, 0.25) is 0 Å². The second-order valence-electron chi connectivity index (χ2n) is 5.41. The minimum Gasteiger partial charge on any atom is -0.373 e. The van der Waals surface area contributed by atoms with Crippen molar-refractivity contribution in [3.63, 3.8) is 0 Å². The maximum absolute atomic E-state index is 12.5. The molecule has 0 bridgehead atoms. The van der Waals surface area contributed by atoms with Gasteiger partial charge in [-0.2, -0.15) is 5.26 Å². The van der Waals surface area contributed by atoms with Gasteiger partial charge in [0.15, 0.2) is 0 Å². The molecule has 1 N–H and O–H groups in total. The molecule has 0 aromatic heterocycles. The van der Waals surface area contributed by atoms with Gasteiger partial charge in [-0.3, -0.25) is 4.79 Å². The summed E-state index contributed by atoms with van der Waals surface area (Å²) in [6.45, 7) is 3.54. The van der Waals surface area contributed by atoms with Gasteiger partial charge in [0.2, 0.25) is 5.91 Å². The molecule has 0 radical (unpaired) electrons. The highest BCUT2D eigenvalue weighted by Gasteiger charge is 2.21. The summed E-state index contributed by atoms with van der Waals surface area (Å²) in [5.41, 5.74) is 1.25. The summed E-state index contributed by atoms with van der Waals surface area (Å²) in [4.78, 5) is 14.4. The van der Waals surface area contributed by atoms with Crippen LogP contribution in [0.3, 0.4) is 0 Å². The van der Waals surface area contributed by atoms with E-state index >= 15 is 0 Å². The van der Waals surface area contributed by atoms with Crippen LogP contribution < -0.4 is 5.32 Å². The molecule has 112 valence electrons. The molecule has 1 heterocycles. The maximum Gasteiger partial charge on any atom is 0.244 e. The van der Waals surface area contributed by atoms with E-state index in [2.05, 4.69) is 27.3 Å². The van der Waals surface area contributed by atoms with E-state index in [0.717, 1.165) is 30.4 Å². The molecular weight excluding hydrogens is 330 g/mol. The Bertz CT molecular complexity index is 545. The molecule has 1 aromatic carbocycles. The van der Waals surface area contributed by atoms with Gasteiger partial charge in [0.25, 0.3) is 0 Å². The molecule has 1 aliphatic heterocycles. The predicted octanol–water partition coefficient (Wildman–Crippen LogP) is 3.52. The van der Waals surface area contributed by atoms with Gasteiger partial charge in [-0.15, -0.1) is 0 Å². The molecule has 1 amide bonds. The molecule has 1 fully saturated rings. The van der Waals surface area contributed by atoms with Crippen LogP contribution in [0.4, 0.5) is 5.69 Å². The van der Waals surface area contributed by atoms with E-state index < -0.39 is 0 Å². The lowest BCUT2D eigenvalue weighted by Crippen LogP contribution is -2.42. The van der Waals surface area contributed by atoms with Gasteiger partial charge >= 0.3 is 0 Å². The van der Waals surface area contributed by atoms with Crippen LogP contribution in [0, 0.1) is 11.3 Å². The first-order valence-corrected chi connectivity index (χ1v) is 8.16. The molecule has 1 atom stereocenters. The Morgan fingerprint density at radius 3 is 2.62 bits per heavy atom. The van der Waals surface area contributed by atoms with Crippen molar-refractivity contribution in [3.05, 3.63) is 28.2 Å². The van der Waals surface area contributed by atoms with Crippen LogP contribution in [-0.4, -0.2) is 29.9 Å². The van der Waals surface area contributed by atoms with E-state index in [9.17, 15) is 10.1 Å². The molecule has 1 saturated heterocycles. The van der Waals surface area contributed by atoms with Gasteiger partial charge in [-0.05, 0) is 38.0 Å². The van der Waals surface area contributed by atoms with Crippen molar-refractivity contribution in [2.24, 2.45) is 0 Å². The second-order valence-corrected chi connectivity index (χ2v) is 6.32. The van der Waals surface area contributed by atoms with E-state index in [1.54, 1.807) is 6.07 Å². The fourth-order valence-electron chi connectivity index (χ4n) is 2.59. The average Bonchev–Trinajstić information content (AvgIpc) is 2.77. The van der Waals surface area contributed by atoms with Crippen molar-refractivity contribution in [2.45, 2.75) is 38.6 Å². The van der Waals surface area contributed by atoms with E-state index in [4.69, 9.17) is 0 Å². The minimum atomic E-state index is -0.323. The highest BCUT2D eigenvalue weighted by Crippen LogP contribution is 2.21. The Balaban J connectivity index is 2.05. The minimum absolute atomic E-state index is 0.115. The first-order chi connectivity index (χ1) is 10.1. The van der Waals surface area contributed by atoms with Crippen LogP contribution in [-0.2, 0) is 4.79 Å². The zero-order chi connectivity index (χ0) is 15.2. The zero-order valence-electron chi connectivity index (χ0n) is 12.2. The number of nitriles is 1. The van der Waals surface area contributed by atoms with Crippen LogP contribution in [0.25, 0.3) is 0 Å². The summed E-state index contributed by atoms with van der Waals surface area (Å²) in [7, 11) is 0. The van der Waals surface area contributed by atoms with Gasteiger partial charge in [0, 0.05) is 17.6 Å². The molecule has 2 rings (SSSR count).